The van der Waals surface area contributed by atoms with Gasteiger partial charge in [0, 0.05) is 12.2 Å². The second kappa shape index (κ2) is 8.70. The molecule has 2 heterocycles. The summed E-state index contributed by atoms with van der Waals surface area (Å²) in [6.45, 7) is 4.16. The highest BCUT2D eigenvalue weighted by molar-refractivity contribution is 7.99. The van der Waals surface area contributed by atoms with Gasteiger partial charge in [0.2, 0.25) is 0 Å². The van der Waals surface area contributed by atoms with E-state index in [-0.39, 0.29) is 11.9 Å². The van der Waals surface area contributed by atoms with Crippen LogP contribution in [0.2, 0.25) is 0 Å². The minimum Gasteiger partial charge on any atom is -0.467 e. The van der Waals surface area contributed by atoms with Crippen molar-refractivity contribution in [2.24, 2.45) is 5.10 Å². The van der Waals surface area contributed by atoms with Gasteiger partial charge < -0.3 is 4.42 Å². The van der Waals surface area contributed by atoms with Crippen molar-refractivity contribution in [2.75, 3.05) is 5.75 Å². The first-order valence-corrected chi connectivity index (χ1v) is 10.9. The minimum absolute atomic E-state index is 0.00657. The quantitative estimate of drug-likeness (QED) is 0.544. The van der Waals surface area contributed by atoms with E-state index >= 15 is 0 Å². The minimum atomic E-state index is -0.187. The molecule has 1 aromatic heterocycles. The molecule has 1 atom stereocenters. The molecule has 29 heavy (non-hydrogen) atoms. The Morgan fingerprint density at radius 2 is 1.90 bits per heavy atom. The molecule has 0 radical (unpaired) electrons. The van der Waals surface area contributed by atoms with Crippen molar-refractivity contribution in [2.45, 2.75) is 32.1 Å². The van der Waals surface area contributed by atoms with E-state index in [2.05, 4.69) is 50.2 Å². The zero-order valence-corrected chi connectivity index (χ0v) is 17.5. The monoisotopic (exact) mass is 404 g/mol. The summed E-state index contributed by atoms with van der Waals surface area (Å²) in [6.07, 6.45) is 2.31. The van der Waals surface area contributed by atoms with Crippen LogP contribution in [0.15, 0.2) is 76.4 Å². The SMILES string of the molecule is Cc1ccc(C2=NN(C(=O)CSCc3ccccc3C)[C@H](c3ccco3)C2)cc1. The first kappa shape index (κ1) is 19.5. The van der Waals surface area contributed by atoms with E-state index in [4.69, 9.17) is 9.52 Å². The van der Waals surface area contributed by atoms with Gasteiger partial charge in [-0.3, -0.25) is 4.79 Å². The van der Waals surface area contributed by atoms with Gasteiger partial charge >= 0.3 is 0 Å². The first-order valence-electron chi connectivity index (χ1n) is 9.74. The molecule has 0 spiro atoms. The largest absolute Gasteiger partial charge is 0.467 e. The average molecular weight is 405 g/mol. The molecule has 2 aromatic carbocycles. The standard InChI is InChI=1S/C24H24N2O2S/c1-17-9-11-19(12-10-17)21-14-22(23-8-5-13-28-23)26(25-21)24(27)16-29-15-20-7-4-3-6-18(20)2/h3-13,22H,14-16H2,1-2H3/t22-/m0/s1. The Labute approximate surface area is 175 Å². The molecular formula is C24H24N2O2S. The fourth-order valence-electron chi connectivity index (χ4n) is 3.45. The molecule has 0 unspecified atom stereocenters. The van der Waals surface area contributed by atoms with E-state index in [9.17, 15) is 4.79 Å². The number of amides is 1. The van der Waals surface area contributed by atoms with Crippen molar-refractivity contribution in [3.63, 3.8) is 0 Å². The average Bonchev–Trinajstić information content (AvgIpc) is 3.40. The van der Waals surface area contributed by atoms with Gasteiger partial charge in [0.05, 0.1) is 17.7 Å². The van der Waals surface area contributed by atoms with E-state index in [1.807, 2.05) is 24.3 Å². The summed E-state index contributed by atoms with van der Waals surface area (Å²) in [4.78, 5) is 13.0. The highest BCUT2D eigenvalue weighted by Crippen LogP contribution is 2.33. The molecule has 0 N–H and O–H groups in total. The normalized spacial score (nSPS) is 16.1. The number of furan rings is 1. The van der Waals surface area contributed by atoms with Gasteiger partial charge in [0.25, 0.3) is 5.91 Å². The number of rotatable bonds is 6. The third-order valence-corrected chi connectivity index (χ3v) is 6.13. The fourth-order valence-corrected chi connectivity index (χ4v) is 4.40. The number of carbonyl (C=O) groups excluding carboxylic acids is 1. The zero-order chi connectivity index (χ0) is 20.2. The lowest BCUT2D eigenvalue weighted by molar-refractivity contribution is -0.130. The molecule has 3 aromatic rings. The lowest BCUT2D eigenvalue weighted by atomic mass is 10.0. The van der Waals surface area contributed by atoms with E-state index in [1.165, 1.54) is 16.7 Å². The summed E-state index contributed by atoms with van der Waals surface area (Å²) >= 11 is 1.62. The Hall–Kier alpha value is -2.79. The summed E-state index contributed by atoms with van der Waals surface area (Å²) in [5, 5.41) is 6.31. The van der Waals surface area contributed by atoms with E-state index < -0.39 is 0 Å². The highest BCUT2D eigenvalue weighted by Gasteiger charge is 2.34. The number of benzene rings is 2. The number of aryl methyl sites for hydroxylation is 2. The van der Waals surface area contributed by atoms with E-state index in [0.29, 0.717) is 12.2 Å². The molecule has 1 aliphatic heterocycles. The molecule has 0 saturated heterocycles. The van der Waals surface area contributed by atoms with Gasteiger partial charge in [-0.25, -0.2) is 5.01 Å². The van der Waals surface area contributed by atoms with Crippen molar-refractivity contribution < 1.29 is 9.21 Å². The predicted octanol–water partition coefficient (Wildman–Crippen LogP) is 5.51. The molecule has 0 fully saturated rings. The number of carbonyl (C=O) groups is 1. The van der Waals surface area contributed by atoms with Gasteiger partial charge in [-0.1, -0.05) is 54.1 Å². The molecule has 4 rings (SSSR count). The lowest BCUT2D eigenvalue weighted by Gasteiger charge is -2.19. The molecule has 0 saturated carbocycles. The Kier molecular flexibility index (Phi) is 5.86. The van der Waals surface area contributed by atoms with Crippen molar-refractivity contribution in [3.05, 3.63) is 94.9 Å². The van der Waals surface area contributed by atoms with Crippen LogP contribution in [0.25, 0.3) is 0 Å². The van der Waals surface area contributed by atoms with Gasteiger partial charge in [0.15, 0.2) is 0 Å². The second-order valence-electron chi connectivity index (χ2n) is 7.31. The molecule has 1 aliphatic rings. The maximum atomic E-state index is 13.0. The Bertz CT molecular complexity index is 1010. The van der Waals surface area contributed by atoms with Crippen LogP contribution < -0.4 is 0 Å². The predicted molar refractivity (Wildman–Crippen MR) is 118 cm³/mol. The number of hydrazone groups is 1. The topological polar surface area (TPSA) is 45.8 Å². The van der Waals surface area contributed by atoms with Crippen LogP contribution in [0, 0.1) is 13.8 Å². The molecule has 5 heteroatoms. The highest BCUT2D eigenvalue weighted by atomic mass is 32.2. The van der Waals surface area contributed by atoms with Crippen molar-refractivity contribution >= 4 is 23.4 Å². The maximum absolute atomic E-state index is 13.0. The number of hydrogen-bond donors (Lipinski definition) is 0. The summed E-state index contributed by atoms with van der Waals surface area (Å²) in [7, 11) is 0. The van der Waals surface area contributed by atoms with Gasteiger partial charge in [-0.05, 0) is 42.7 Å². The molecule has 0 bridgehead atoms. The number of thioether (sulfide) groups is 1. The number of nitrogens with zero attached hydrogens (tertiary/aromatic N) is 2. The van der Waals surface area contributed by atoms with Gasteiger partial charge in [0.1, 0.15) is 11.8 Å². The van der Waals surface area contributed by atoms with Crippen molar-refractivity contribution in [1.82, 2.24) is 5.01 Å². The smallest absolute Gasteiger partial charge is 0.253 e. The van der Waals surface area contributed by atoms with Crippen LogP contribution in [0.1, 0.15) is 40.5 Å². The fraction of sp³-hybridized carbons (Fsp3) is 0.250. The molecule has 4 nitrogen and oxygen atoms in total. The summed E-state index contributed by atoms with van der Waals surface area (Å²) in [5.41, 5.74) is 5.69. The Balaban J connectivity index is 1.49. The van der Waals surface area contributed by atoms with Crippen LogP contribution in [0.4, 0.5) is 0 Å². The lowest BCUT2D eigenvalue weighted by Crippen LogP contribution is -2.28. The van der Waals surface area contributed by atoms with Crippen LogP contribution in [0.3, 0.4) is 0 Å². The summed E-state index contributed by atoms with van der Waals surface area (Å²) in [5.74, 6) is 1.97. The second-order valence-corrected chi connectivity index (χ2v) is 8.29. The van der Waals surface area contributed by atoms with Crippen LogP contribution >= 0.6 is 11.8 Å². The molecule has 1 amide bonds. The van der Waals surface area contributed by atoms with Gasteiger partial charge in [-0.2, -0.15) is 5.10 Å². The number of hydrogen-bond acceptors (Lipinski definition) is 4. The van der Waals surface area contributed by atoms with E-state index in [1.54, 1.807) is 23.0 Å². The zero-order valence-electron chi connectivity index (χ0n) is 16.7. The van der Waals surface area contributed by atoms with Gasteiger partial charge in [-0.15, -0.1) is 11.8 Å². The third-order valence-electron chi connectivity index (χ3n) is 5.17. The maximum Gasteiger partial charge on any atom is 0.253 e. The molecular weight excluding hydrogens is 380 g/mol. The van der Waals surface area contributed by atoms with Crippen LogP contribution in [-0.4, -0.2) is 22.4 Å². The van der Waals surface area contributed by atoms with Crippen LogP contribution in [-0.2, 0) is 10.5 Å². The van der Waals surface area contributed by atoms with Crippen molar-refractivity contribution in [1.29, 1.82) is 0 Å². The van der Waals surface area contributed by atoms with Crippen LogP contribution in [0.5, 0.6) is 0 Å². The van der Waals surface area contributed by atoms with E-state index in [0.717, 1.165) is 22.8 Å². The molecule has 0 aliphatic carbocycles. The summed E-state index contributed by atoms with van der Waals surface area (Å²) in [6, 6.07) is 20.1. The Morgan fingerprint density at radius 3 is 2.62 bits per heavy atom. The summed E-state index contributed by atoms with van der Waals surface area (Å²) < 4.78 is 5.62. The molecule has 148 valence electrons. The Morgan fingerprint density at radius 1 is 1.10 bits per heavy atom. The first-order chi connectivity index (χ1) is 14.1. The third kappa shape index (κ3) is 4.46. The van der Waals surface area contributed by atoms with Crippen molar-refractivity contribution in [3.8, 4) is 0 Å².